The average molecular weight is 443 g/mol. The van der Waals surface area contributed by atoms with Gasteiger partial charge in [0, 0.05) is 19.3 Å². The van der Waals surface area contributed by atoms with Gasteiger partial charge in [0.2, 0.25) is 0 Å². The van der Waals surface area contributed by atoms with Gasteiger partial charge in [-0.3, -0.25) is 9.88 Å². The predicted molar refractivity (Wildman–Crippen MR) is 108 cm³/mol. The minimum Gasteiger partial charge on any atom is -0.468 e. The minimum atomic E-state index is 0. The first-order chi connectivity index (χ1) is 11.2. The van der Waals surface area contributed by atoms with Crippen LogP contribution in [0.3, 0.4) is 0 Å². The van der Waals surface area contributed by atoms with E-state index in [-0.39, 0.29) is 30.0 Å². The lowest BCUT2D eigenvalue weighted by Gasteiger charge is -2.23. The maximum absolute atomic E-state index is 5.53. The van der Waals surface area contributed by atoms with Crippen molar-refractivity contribution in [3.63, 3.8) is 0 Å². The number of halogens is 1. The van der Waals surface area contributed by atoms with Crippen molar-refractivity contribution in [3.8, 4) is 0 Å². The van der Waals surface area contributed by atoms with Crippen LogP contribution >= 0.6 is 24.0 Å². The number of guanidine groups is 1. The topological polar surface area (TPSA) is 65.7 Å². The van der Waals surface area contributed by atoms with Gasteiger partial charge >= 0.3 is 0 Å². The first-order valence-corrected chi connectivity index (χ1v) is 7.82. The van der Waals surface area contributed by atoms with Crippen molar-refractivity contribution in [2.75, 3.05) is 27.2 Å². The highest BCUT2D eigenvalue weighted by molar-refractivity contribution is 14.0. The van der Waals surface area contributed by atoms with E-state index in [1.807, 2.05) is 51.4 Å². The number of likely N-dealkylation sites (N-methyl/N-ethyl adjacent to an activating group) is 1. The Morgan fingerprint density at radius 1 is 1.25 bits per heavy atom. The second-order valence-electron chi connectivity index (χ2n) is 5.39. The summed E-state index contributed by atoms with van der Waals surface area (Å²) in [6.07, 6.45) is 3.48. The van der Waals surface area contributed by atoms with E-state index in [4.69, 9.17) is 4.42 Å². The maximum Gasteiger partial charge on any atom is 0.191 e. The third-order valence-electron chi connectivity index (χ3n) is 3.43. The van der Waals surface area contributed by atoms with Gasteiger partial charge in [-0.25, -0.2) is 4.99 Å². The summed E-state index contributed by atoms with van der Waals surface area (Å²) in [6.45, 7) is 4.10. The molecule has 0 bridgehead atoms. The van der Waals surface area contributed by atoms with Gasteiger partial charge in [-0.1, -0.05) is 6.07 Å². The fourth-order valence-corrected chi connectivity index (χ4v) is 2.21. The number of furan rings is 1. The second kappa shape index (κ2) is 11.0. The molecule has 0 radical (unpaired) electrons. The summed E-state index contributed by atoms with van der Waals surface area (Å²) in [5, 5.41) is 6.62. The lowest BCUT2D eigenvalue weighted by molar-refractivity contribution is 0.258. The number of hydrogen-bond donors (Lipinski definition) is 2. The smallest absolute Gasteiger partial charge is 0.191 e. The summed E-state index contributed by atoms with van der Waals surface area (Å²) < 4.78 is 5.53. The van der Waals surface area contributed by atoms with Gasteiger partial charge < -0.3 is 15.1 Å². The Labute approximate surface area is 160 Å². The summed E-state index contributed by atoms with van der Waals surface area (Å²) >= 11 is 0. The van der Waals surface area contributed by atoms with E-state index in [2.05, 4.69) is 25.5 Å². The first-order valence-electron chi connectivity index (χ1n) is 7.82. The van der Waals surface area contributed by atoms with Crippen LogP contribution in [0.1, 0.15) is 24.4 Å². The summed E-state index contributed by atoms with van der Waals surface area (Å²) in [5.74, 6) is 1.71. The number of rotatable bonds is 7. The van der Waals surface area contributed by atoms with Gasteiger partial charge in [-0.2, -0.15) is 0 Å². The molecular weight excluding hydrogens is 417 g/mol. The van der Waals surface area contributed by atoms with Gasteiger partial charge in [0.25, 0.3) is 0 Å². The molecule has 7 heteroatoms. The minimum absolute atomic E-state index is 0. The van der Waals surface area contributed by atoms with Crippen LogP contribution in [0.5, 0.6) is 0 Å². The summed E-state index contributed by atoms with van der Waals surface area (Å²) in [5.41, 5.74) is 0.944. The van der Waals surface area contributed by atoms with Crippen molar-refractivity contribution >= 4 is 29.9 Å². The quantitative estimate of drug-likeness (QED) is 0.392. The van der Waals surface area contributed by atoms with Crippen LogP contribution in [-0.4, -0.2) is 43.0 Å². The molecule has 2 aromatic rings. The molecule has 6 nitrogen and oxygen atoms in total. The molecule has 0 aliphatic rings. The van der Waals surface area contributed by atoms with Crippen LogP contribution < -0.4 is 10.6 Å². The Balaban J connectivity index is 0.00000288. The van der Waals surface area contributed by atoms with Crippen LogP contribution in [0, 0.1) is 0 Å². The molecule has 2 heterocycles. The lowest BCUT2D eigenvalue weighted by Crippen LogP contribution is -2.41. The van der Waals surface area contributed by atoms with E-state index < -0.39 is 0 Å². The molecule has 0 saturated carbocycles. The molecule has 2 aromatic heterocycles. The summed E-state index contributed by atoms with van der Waals surface area (Å²) in [6, 6.07) is 9.89. The molecule has 0 aromatic carbocycles. The molecule has 2 rings (SSSR count). The Morgan fingerprint density at radius 2 is 2.08 bits per heavy atom. The normalized spacial score (nSPS) is 12.6. The van der Waals surface area contributed by atoms with E-state index >= 15 is 0 Å². The maximum atomic E-state index is 5.53. The third-order valence-corrected chi connectivity index (χ3v) is 3.43. The van der Waals surface area contributed by atoms with E-state index in [0.717, 1.165) is 24.0 Å². The van der Waals surface area contributed by atoms with Crippen LogP contribution in [-0.2, 0) is 6.54 Å². The molecule has 24 heavy (non-hydrogen) atoms. The zero-order valence-electron chi connectivity index (χ0n) is 14.4. The Morgan fingerprint density at radius 3 is 2.67 bits per heavy atom. The van der Waals surface area contributed by atoms with Gasteiger partial charge in [0.15, 0.2) is 5.96 Å². The molecule has 0 amide bonds. The van der Waals surface area contributed by atoms with Crippen LogP contribution in [0.15, 0.2) is 52.2 Å². The van der Waals surface area contributed by atoms with Crippen LogP contribution in [0.4, 0.5) is 0 Å². The van der Waals surface area contributed by atoms with Crippen LogP contribution in [0.25, 0.3) is 0 Å². The molecule has 1 atom stereocenters. The van der Waals surface area contributed by atoms with Gasteiger partial charge in [-0.05, 0) is 45.3 Å². The van der Waals surface area contributed by atoms with E-state index in [0.29, 0.717) is 13.1 Å². The SMILES string of the molecule is CCNC(=NCc1ccccn1)NCC(c1ccco1)N(C)C.I. The molecule has 0 fully saturated rings. The second-order valence-corrected chi connectivity index (χ2v) is 5.39. The highest BCUT2D eigenvalue weighted by atomic mass is 127. The van der Waals surface area contributed by atoms with Crippen molar-refractivity contribution in [1.29, 1.82) is 0 Å². The molecule has 0 saturated heterocycles. The third kappa shape index (κ3) is 6.48. The van der Waals surface area contributed by atoms with Crippen molar-refractivity contribution in [3.05, 3.63) is 54.2 Å². The predicted octanol–water partition coefficient (Wildman–Crippen LogP) is 2.65. The fourth-order valence-electron chi connectivity index (χ4n) is 2.21. The largest absolute Gasteiger partial charge is 0.468 e. The monoisotopic (exact) mass is 443 g/mol. The van der Waals surface area contributed by atoms with Crippen LogP contribution in [0.2, 0.25) is 0 Å². The average Bonchev–Trinajstić information content (AvgIpc) is 3.07. The first kappa shape index (κ1) is 20.4. The number of nitrogens with zero attached hydrogens (tertiary/aromatic N) is 3. The zero-order chi connectivity index (χ0) is 16.5. The van der Waals surface area contributed by atoms with Gasteiger partial charge in [-0.15, -0.1) is 24.0 Å². The summed E-state index contributed by atoms with van der Waals surface area (Å²) in [7, 11) is 4.07. The number of aromatic nitrogens is 1. The van der Waals surface area contributed by atoms with Crippen molar-refractivity contribution in [1.82, 2.24) is 20.5 Å². The van der Waals surface area contributed by atoms with E-state index in [1.165, 1.54) is 0 Å². The van der Waals surface area contributed by atoms with Gasteiger partial charge in [0.05, 0.1) is 24.5 Å². The molecule has 2 N–H and O–H groups in total. The van der Waals surface area contributed by atoms with Crippen molar-refractivity contribution in [2.45, 2.75) is 19.5 Å². The van der Waals surface area contributed by atoms with E-state index in [9.17, 15) is 0 Å². The molecule has 0 aliphatic carbocycles. The Bertz CT molecular complexity index is 586. The van der Waals surface area contributed by atoms with Crippen molar-refractivity contribution in [2.24, 2.45) is 4.99 Å². The summed E-state index contributed by atoms with van der Waals surface area (Å²) in [4.78, 5) is 11.0. The number of aliphatic imine (C=N–C) groups is 1. The molecular formula is C17H26IN5O. The number of pyridine rings is 1. The standard InChI is InChI=1S/C17H25N5O.HI/c1-4-18-17(20-12-14-8-5-6-10-19-14)21-13-15(22(2)3)16-9-7-11-23-16;/h5-11,15H,4,12-13H2,1-3H3,(H2,18,20,21);1H. The molecule has 0 spiro atoms. The van der Waals surface area contributed by atoms with Crippen molar-refractivity contribution < 1.29 is 4.42 Å². The highest BCUT2D eigenvalue weighted by Gasteiger charge is 2.17. The Kier molecular flexibility index (Phi) is 9.39. The zero-order valence-corrected chi connectivity index (χ0v) is 16.7. The van der Waals surface area contributed by atoms with E-state index in [1.54, 1.807) is 12.5 Å². The molecule has 1 unspecified atom stereocenters. The fraction of sp³-hybridized carbons (Fsp3) is 0.412. The number of nitrogens with one attached hydrogen (secondary N) is 2. The van der Waals surface area contributed by atoms with Gasteiger partial charge in [0.1, 0.15) is 5.76 Å². The lowest BCUT2D eigenvalue weighted by atomic mass is 10.2. The Hall–Kier alpha value is -1.61. The molecule has 132 valence electrons. The highest BCUT2D eigenvalue weighted by Crippen LogP contribution is 2.17. The number of hydrogen-bond acceptors (Lipinski definition) is 4. The molecule has 0 aliphatic heterocycles.